The maximum absolute atomic E-state index is 12.8. The predicted molar refractivity (Wildman–Crippen MR) is 113 cm³/mol. The highest BCUT2D eigenvalue weighted by atomic mass is 79.9. The fourth-order valence-electron chi connectivity index (χ4n) is 2.71. The van der Waals surface area contributed by atoms with E-state index in [2.05, 4.69) is 21.2 Å². The van der Waals surface area contributed by atoms with Crippen molar-refractivity contribution in [1.82, 2.24) is 9.62 Å². The lowest BCUT2D eigenvalue weighted by atomic mass is 10.1. The number of carbonyl (C=O) groups excluding carboxylic acids is 1. The molecule has 0 aliphatic carbocycles. The van der Waals surface area contributed by atoms with Crippen LogP contribution in [0.3, 0.4) is 0 Å². The molecule has 0 spiro atoms. The minimum atomic E-state index is -3.79. The number of rotatable bonds is 8. The minimum absolute atomic E-state index is 0.129. The van der Waals surface area contributed by atoms with E-state index in [0.29, 0.717) is 12.4 Å². The fraction of sp³-hybridized carbons (Fsp3) is 0.350. The molecule has 1 atom stereocenters. The van der Waals surface area contributed by atoms with E-state index >= 15 is 0 Å². The maximum Gasteiger partial charge on any atom is 0.243 e. The van der Waals surface area contributed by atoms with Crippen LogP contribution in [0.1, 0.15) is 31.0 Å². The Morgan fingerprint density at radius 2 is 1.96 bits per heavy atom. The van der Waals surface area contributed by atoms with Crippen LogP contribution in [0, 0.1) is 6.92 Å². The standard InChI is InChI=1S/C20H25BrN2O4S/c1-5-27-19-10-9-18(11-14(19)2)28(25,26)23(4)13-20(24)22-15(3)16-7-6-8-17(21)12-16/h6-12,15H,5,13H2,1-4H3,(H,22,24)/t15-/m0/s1. The van der Waals surface area contributed by atoms with Crippen LogP contribution in [0.2, 0.25) is 0 Å². The summed E-state index contributed by atoms with van der Waals surface area (Å²) in [5.41, 5.74) is 1.65. The van der Waals surface area contributed by atoms with Gasteiger partial charge in [0.05, 0.1) is 24.1 Å². The van der Waals surface area contributed by atoms with Crippen LogP contribution < -0.4 is 10.1 Å². The number of nitrogens with zero attached hydrogens (tertiary/aromatic N) is 1. The van der Waals surface area contributed by atoms with Gasteiger partial charge in [0.1, 0.15) is 5.75 Å². The van der Waals surface area contributed by atoms with Crippen LogP contribution in [0.25, 0.3) is 0 Å². The zero-order valence-electron chi connectivity index (χ0n) is 16.4. The first-order chi connectivity index (χ1) is 13.1. The van der Waals surface area contributed by atoms with E-state index in [1.165, 1.54) is 13.1 Å². The number of ether oxygens (including phenoxy) is 1. The van der Waals surface area contributed by atoms with Crippen LogP contribution in [-0.4, -0.2) is 38.8 Å². The van der Waals surface area contributed by atoms with Crippen molar-refractivity contribution in [3.63, 3.8) is 0 Å². The molecule has 0 heterocycles. The number of nitrogens with one attached hydrogen (secondary N) is 1. The second-order valence-corrected chi connectivity index (χ2v) is 9.43. The number of hydrogen-bond acceptors (Lipinski definition) is 4. The second-order valence-electron chi connectivity index (χ2n) is 6.47. The molecule has 0 saturated heterocycles. The first-order valence-corrected chi connectivity index (χ1v) is 11.1. The summed E-state index contributed by atoms with van der Waals surface area (Å²) in [7, 11) is -2.39. The molecule has 0 aliphatic heterocycles. The van der Waals surface area contributed by atoms with Crippen molar-refractivity contribution in [2.24, 2.45) is 0 Å². The summed E-state index contributed by atoms with van der Waals surface area (Å²) < 4.78 is 33.0. The van der Waals surface area contributed by atoms with Gasteiger partial charge in [0.15, 0.2) is 0 Å². The molecular formula is C20H25BrN2O4S. The third kappa shape index (κ3) is 5.56. The summed E-state index contributed by atoms with van der Waals surface area (Å²) in [6.07, 6.45) is 0. The number of sulfonamides is 1. The highest BCUT2D eigenvalue weighted by Crippen LogP contribution is 2.24. The number of hydrogen-bond donors (Lipinski definition) is 1. The lowest BCUT2D eigenvalue weighted by molar-refractivity contribution is -0.121. The van der Waals surface area contributed by atoms with Gasteiger partial charge in [-0.1, -0.05) is 28.1 Å². The van der Waals surface area contributed by atoms with Crippen molar-refractivity contribution in [2.75, 3.05) is 20.2 Å². The van der Waals surface area contributed by atoms with Gasteiger partial charge < -0.3 is 10.1 Å². The van der Waals surface area contributed by atoms with E-state index in [0.717, 1.165) is 19.9 Å². The van der Waals surface area contributed by atoms with Crippen LogP contribution in [0.5, 0.6) is 5.75 Å². The third-order valence-corrected chi connectivity index (χ3v) is 6.54. The van der Waals surface area contributed by atoms with E-state index < -0.39 is 10.0 Å². The van der Waals surface area contributed by atoms with Crippen LogP contribution in [0.15, 0.2) is 51.8 Å². The Morgan fingerprint density at radius 1 is 1.25 bits per heavy atom. The van der Waals surface area contributed by atoms with Crippen LogP contribution in [-0.2, 0) is 14.8 Å². The van der Waals surface area contributed by atoms with E-state index in [1.807, 2.05) is 38.1 Å². The molecule has 2 aromatic carbocycles. The smallest absolute Gasteiger partial charge is 0.243 e. The van der Waals surface area contributed by atoms with E-state index in [4.69, 9.17) is 4.74 Å². The van der Waals surface area contributed by atoms with Crippen molar-refractivity contribution in [3.05, 3.63) is 58.1 Å². The van der Waals surface area contributed by atoms with Gasteiger partial charge in [-0.15, -0.1) is 0 Å². The molecule has 8 heteroatoms. The van der Waals surface area contributed by atoms with Crippen molar-refractivity contribution < 1.29 is 17.9 Å². The van der Waals surface area contributed by atoms with E-state index in [1.54, 1.807) is 19.1 Å². The van der Waals surface area contributed by atoms with E-state index in [-0.39, 0.29) is 23.4 Å². The molecule has 6 nitrogen and oxygen atoms in total. The normalized spacial score (nSPS) is 12.6. The Balaban J connectivity index is 2.07. The van der Waals surface area contributed by atoms with Crippen molar-refractivity contribution >= 4 is 31.9 Å². The highest BCUT2D eigenvalue weighted by Gasteiger charge is 2.24. The van der Waals surface area contributed by atoms with Gasteiger partial charge in [0.2, 0.25) is 15.9 Å². The quantitative estimate of drug-likeness (QED) is 0.641. The van der Waals surface area contributed by atoms with Crippen molar-refractivity contribution in [1.29, 1.82) is 0 Å². The molecule has 0 saturated carbocycles. The Hall–Kier alpha value is -1.90. The summed E-state index contributed by atoms with van der Waals surface area (Å²) in [5.74, 6) is 0.269. The third-order valence-electron chi connectivity index (χ3n) is 4.25. The molecule has 1 N–H and O–H groups in total. The molecule has 0 radical (unpaired) electrons. The zero-order valence-corrected chi connectivity index (χ0v) is 18.8. The number of halogens is 1. The number of amides is 1. The summed E-state index contributed by atoms with van der Waals surface area (Å²) in [6.45, 7) is 5.74. The molecule has 0 fully saturated rings. The largest absolute Gasteiger partial charge is 0.494 e. The molecule has 0 aliphatic rings. The lowest BCUT2D eigenvalue weighted by Crippen LogP contribution is -2.39. The van der Waals surface area contributed by atoms with E-state index in [9.17, 15) is 13.2 Å². The highest BCUT2D eigenvalue weighted by molar-refractivity contribution is 9.10. The first kappa shape index (κ1) is 22.4. The molecule has 0 bridgehead atoms. The molecule has 28 heavy (non-hydrogen) atoms. The maximum atomic E-state index is 12.8. The van der Waals surface area contributed by atoms with Gasteiger partial charge in [-0.2, -0.15) is 4.31 Å². The van der Waals surface area contributed by atoms with Gasteiger partial charge in [-0.3, -0.25) is 4.79 Å². The average molecular weight is 469 g/mol. The molecular weight excluding hydrogens is 444 g/mol. The van der Waals surface area contributed by atoms with Crippen LogP contribution in [0.4, 0.5) is 0 Å². The van der Waals surface area contributed by atoms with Gasteiger partial charge in [0, 0.05) is 11.5 Å². The Kier molecular flexibility index (Phi) is 7.63. The molecule has 2 rings (SSSR count). The summed E-state index contributed by atoms with van der Waals surface area (Å²) in [6, 6.07) is 12.0. The second kappa shape index (κ2) is 9.54. The summed E-state index contributed by atoms with van der Waals surface area (Å²) >= 11 is 3.40. The number of carbonyl (C=O) groups is 1. The summed E-state index contributed by atoms with van der Waals surface area (Å²) in [5, 5.41) is 2.83. The number of aryl methyl sites for hydroxylation is 1. The lowest BCUT2D eigenvalue weighted by Gasteiger charge is -2.20. The Labute approximate surface area is 175 Å². The SMILES string of the molecule is CCOc1ccc(S(=O)(=O)N(C)CC(=O)N[C@@H](C)c2cccc(Br)c2)cc1C. The topological polar surface area (TPSA) is 75.7 Å². The Bertz CT molecular complexity index is 947. The fourth-order valence-corrected chi connectivity index (χ4v) is 4.34. The molecule has 2 aromatic rings. The monoisotopic (exact) mass is 468 g/mol. The molecule has 1 amide bonds. The Morgan fingerprint density at radius 3 is 2.57 bits per heavy atom. The van der Waals surface area contributed by atoms with Crippen molar-refractivity contribution in [2.45, 2.75) is 31.7 Å². The van der Waals surface area contributed by atoms with Gasteiger partial charge in [-0.05, 0) is 62.2 Å². The summed E-state index contributed by atoms with van der Waals surface area (Å²) in [4.78, 5) is 12.5. The molecule has 0 aromatic heterocycles. The predicted octanol–water partition coefficient (Wildman–Crippen LogP) is 3.65. The van der Waals surface area contributed by atoms with Gasteiger partial charge in [-0.25, -0.2) is 8.42 Å². The number of benzene rings is 2. The zero-order chi connectivity index (χ0) is 20.9. The van der Waals surface area contributed by atoms with Crippen LogP contribution >= 0.6 is 15.9 Å². The van der Waals surface area contributed by atoms with Gasteiger partial charge >= 0.3 is 0 Å². The average Bonchev–Trinajstić information content (AvgIpc) is 2.63. The molecule has 0 unspecified atom stereocenters. The molecule has 152 valence electrons. The first-order valence-electron chi connectivity index (χ1n) is 8.89. The van der Waals surface area contributed by atoms with Crippen molar-refractivity contribution in [3.8, 4) is 5.75 Å². The number of likely N-dealkylation sites (N-methyl/N-ethyl adjacent to an activating group) is 1. The van der Waals surface area contributed by atoms with Gasteiger partial charge in [0.25, 0.3) is 0 Å². The minimum Gasteiger partial charge on any atom is -0.494 e.